The third-order valence-electron chi connectivity index (χ3n) is 4.17. The van der Waals surface area contributed by atoms with E-state index < -0.39 is 5.60 Å². The average Bonchev–Trinajstić information content (AvgIpc) is 2.93. The molecule has 1 aliphatic rings. The van der Waals surface area contributed by atoms with Crippen LogP contribution in [-0.4, -0.2) is 48.3 Å². The summed E-state index contributed by atoms with van der Waals surface area (Å²) in [5.74, 6) is 0.552. The topological polar surface area (TPSA) is 49.8 Å². The van der Waals surface area contributed by atoms with E-state index in [0.717, 1.165) is 43.7 Å². The molecule has 1 aliphatic heterocycles. The van der Waals surface area contributed by atoms with Gasteiger partial charge in [0.2, 0.25) is 0 Å². The lowest BCUT2D eigenvalue weighted by molar-refractivity contribution is 0.0714. The first kappa shape index (κ1) is 17.0. The lowest BCUT2D eigenvalue weighted by Crippen LogP contribution is -2.29. The van der Waals surface area contributed by atoms with Crippen LogP contribution in [-0.2, 0) is 11.2 Å². The highest BCUT2D eigenvalue weighted by atomic mass is 16.5. The smallest absolute Gasteiger partial charge is 0.253 e. The molecule has 0 saturated carbocycles. The van der Waals surface area contributed by atoms with Gasteiger partial charge in [0.05, 0.1) is 12.2 Å². The molecule has 0 spiro atoms. The normalized spacial score (nSPS) is 18.7. The summed E-state index contributed by atoms with van der Waals surface area (Å²) in [6.45, 7) is 5.92. The molecule has 0 aromatic heterocycles. The summed E-state index contributed by atoms with van der Waals surface area (Å²) in [7, 11) is 1.70. The standard InChI is InChI=1S/C18H27NO3/c1-18(2,21)9-7-14-5-4-6-16(11-14)17(20)19-10-8-15(12-19)13-22-3/h4-6,11,15,21H,7-10,12-13H2,1-3H3/t15-/m0/s1. The third-order valence-corrected chi connectivity index (χ3v) is 4.17. The fourth-order valence-electron chi connectivity index (χ4n) is 2.88. The lowest BCUT2D eigenvalue weighted by Gasteiger charge is -2.18. The first-order valence-corrected chi connectivity index (χ1v) is 7.98. The molecule has 0 unspecified atom stereocenters. The highest BCUT2D eigenvalue weighted by molar-refractivity contribution is 5.94. The number of carbonyl (C=O) groups is 1. The summed E-state index contributed by atoms with van der Waals surface area (Å²) >= 11 is 0. The molecule has 1 amide bonds. The molecule has 1 aromatic carbocycles. The summed E-state index contributed by atoms with van der Waals surface area (Å²) < 4.78 is 5.18. The number of carbonyl (C=O) groups excluding carboxylic acids is 1. The first-order valence-electron chi connectivity index (χ1n) is 7.98. The van der Waals surface area contributed by atoms with Gasteiger partial charge >= 0.3 is 0 Å². The van der Waals surface area contributed by atoms with Crippen LogP contribution in [0, 0.1) is 5.92 Å². The zero-order valence-electron chi connectivity index (χ0n) is 13.8. The largest absolute Gasteiger partial charge is 0.390 e. The maximum absolute atomic E-state index is 12.6. The van der Waals surface area contributed by atoms with Crippen molar-refractivity contribution in [3.63, 3.8) is 0 Å². The number of rotatable bonds is 6. The number of nitrogens with zero attached hydrogens (tertiary/aromatic N) is 1. The minimum absolute atomic E-state index is 0.101. The molecule has 122 valence electrons. The minimum Gasteiger partial charge on any atom is -0.390 e. The van der Waals surface area contributed by atoms with Crippen LogP contribution >= 0.6 is 0 Å². The van der Waals surface area contributed by atoms with E-state index in [4.69, 9.17) is 4.74 Å². The molecular formula is C18H27NO3. The van der Waals surface area contributed by atoms with Crippen LogP contribution in [0.4, 0.5) is 0 Å². The Morgan fingerprint density at radius 3 is 2.91 bits per heavy atom. The van der Waals surface area contributed by atoms with Gasteiger partial charge in [-0.25, -0.2) is 0 Å². The van der Waals surface area contributed by atoms with E-state index in [2.05, 4.69) is 0 Å². The Balaban J connectivity index is 1.98. The van der Waals surface area contributed by atoms with E-state index in [0.29, 0.717) is 12.3 Å². The molecule has 0 bridgehead atoms. The summed E-state index contributed by atoms with van der Waals surface area (Å²) in [5.41, 5.74) is 1.16. The first-order chi connectivity index (χ1) is 10.4. The van der Waals surface area contributed by atoms with Gasteiger partial charge in [0.25, 0.3) is 5.91 Å². The number of aryl methyl sites for hydroxylation is 1. The van der Waals surface area contributed by atoms with Crippen molar-refractivity contribution in [2.75, 3.05) is 26.8 Å². The zero-order chi connectivity index (χ0) is 16.2. The van der Waals surface area contributed by atoms with Gasteiger partial charge in [-0.3, -0.25) is 4.79 Å². The molecule has 0 aliphatic carbocycles. The van der Waals surface area contributed by atoms with Crippen LogP contribution < -0.4 is 0 Å². The van der Waals surface area contributed by atoms with E-state index in [9.17, 15) is 9.90 Å². The molecule has 1 N–H and O–H groups in total. The molecule has 1 atom stereocenters. The predicted molar refractivity (Wildman–Crippen MR) is 86.9 cm³/mol. The quantitative estimate of drug-likeness (QED) is 0.878. The van der Waals surface area contributed by atoms with Gasteiger partial charge in [-0.2, -0.15) is 0 Å². The van der Waals surface area contributed by atoms with Gasteiger partial charge in [-0.05, 0) is 50.8 Å². The van der Waals surface area contributed by atoms with Crippen LogP contribution in [0.25, 0.3) is 0 Å². The Bertz CT molecular complexity index is 507. The molecule has 4 nitrogen and oxygen atoms in total. The fraction of sp³-hybridized carbons (Fsp3) is 0.611. The second-order valence-corrected chi connectivity index (χ2v) is 6.87. The van der Waals surface area contributed by atoms with E-state index in [1.807, 2.05) is 43.0 Å². The maximum atomic E-state index is 12.6. The Labute approximate surface area is 133 Å². The van der Waals surface area contributed by atoms with Crippen molar-refractivity contribution in [3.8, 4) is 0 Å². The van der Waals surface area contributed by atoms with Crippen LogP contribution in [0.3, 0.4) is 0 Å². The molecular weight excluding hydrogens is 278 g/mol. The van der Waals surface area contributed by atoms with Crippen molar-refractivity contribution < 1.29 is 14.6 Å². The minimum atomic E-state index is -0.678. The Morgan fingerprint density at radius 2 is 2.23 bits per heavy atom. The van der Waals surface area contributed by atoms with Crippen molar-refractivity contribution >= 4 is 5.91 Å². The second kappa shape index (κ2) is 7.25. The van der Waals surface area contributed by atoms with Gasteiger partial charge in [0.15, 0.2) is 0 Å². The average molecular weight is 305 g/mol. The third kappa shape index (κ3) is 4.82. The molecule has 22 heavy (non-hydrogen) atoms. The van der Waals surface area contributed by atoms with E-state index in [1.54, 1.807) is 7.11 Å². The van der Waals surface area contributed by atoms with Crippen molar-refractivity contribution in [1.82, 2.24) is 4.90 Å². The SMILES string of the molecule is COC[C@H]1CCN(C(=O)c2cccc(CCC(C)(C)O)c2)C1. The molecule has 1 fully saturated rings. The number of methoxy groups -OCH3 is 1. The Hall–Kier alpha value is -1.39. The number of hydrogen-bond acceptors (Lipinski definition) is 3. The van der Waals surface area contributed by atoms with Crippen molar-refractivity contribution in [2.45, 2.75) is 38.7 Å². The van der Waals surface area contributed by atoms with Crippen molar-refractivity contribution in [2.24, 2.45) is 5.92 Å². The van der Waals surface area contributed by atoms with Crippen molar-refractivity contribution in [3.05, 3.63) is 35.4 Å². The second-order valence-electron chi connectivity index (χ2n) is 6.87. The number of ether oxygens (including phenoxy) is 1. The number of likely N-dealkylation sites (tertiary alicyclic amines) is 1. The maximum Gasteiger partial charge on any atom is 0.253 e. The van der Waals surface area contributed by atoms with Gasteiger partial charge in [-0.15, -0.1) is 0 Å². The van der Waals surface area contributed by atoms with Crippen LogP contribution in [0.5, 0.6) is 0 Å². The van der Waals surface area contributed by atoms with Gasteiger partial charge in [0, 0.05) is 31.7 Å². The predicted octanol–water partition coefficient (Wildman–Crippen LogP) is 2.50. The summed E-state index contributed by atoms with van der Waals surface area (Å²) in [6.07, 6.45) is 2.47. The number of hydrogen-bond donors (Lipinski definition) is 1. The van der Waals surface area contributed by atoms with Crippen LogP contribution in [0.2, 0.25) is 0 Å². The number of benzene rings is 1. The molecule has 1 heterocycles. The Kier molecular flexibility index (Phi) is 5.59. The monoisotopic (exact) mass is 305 g/mol. The summed E-state index contributed by atoms with van der Waals surface area (Å²) in [4.78, 5) is 14.5. The molecule has 2 rings (SSSR count). The summed E-state index contributed by atoms with van der Waals surface area (Å²) in [5, 5.41) is 9.82. The van der Waals surface area contributed by atoms with Gasteiger partial charge in [0.1, 0.15) is 0 Å². The molecule has 0 radical (unpaired) electrons. The van der Waals surface area contributed by atoms with E-state index >= 15 is 0 Å². The van der Waals surface area contributed by atoms with E-state index in [-0.39, 0.29) is 5.91 Å². The summed E-state index contributed by atoms with van der Waals surface area (Å²) in [6, 6.07) is 7.77. The molecule has 1 saturated heterocycles. The Morgan fingerprint density at radius 1 is 1.45 bits per heavy atom. The fourth-order valence-corrected chi connectivity index (χ4v) is 2.88. The highest BCUT2D eigenvalue weighted by Gasteiger charge is 2.26. The number of amides is 1. The van der Waals surface area contributed by atoms with Crippen LogP contribution in [0.1, 0.15) is 42.6 Å². The van der Waals surface area contributed by atoms with Gasteiger partial charge < -0.3 is 14.7 Å². The lowest BCUT2D eigenvalue weighted by atomic mass is 9.98. The zero-order valence-corrected chi connectivity index (χ0v) is 13.8. The molecule has 4 heteroatoms. The van der Waals surface area contributed by atoms with Gasteiger partial charge in [-0.1, -0.05) is 12.1 Å². The van der Waals surface area contributed by atoms with E-state index in [1.165, 1.54) is 0 Å². The number of aliphatic hydroxyl groups is 1. The highest BCUT2D eigenvalue weighted by Crippen LogP contribution is 2.20. The van der Waals surface area contributed by atoms with Crippen LogP contribution in [0.15, 0.2) is 24.3 Å². The van der Waals surface area contributed by atoms with Crippen molar-refractivity contribution in [1.29, 1.82) is 0 Å². The molecule has 1 aromatic rings.